The van der Waals surface area contributed by atoms with Crippen LogP contribution >= 0.6 is 0 Å². The van der Waals surface area contributed by atoms with Crippen molar-refractivity contribution in [2.24, 2.45) is 0 Å². The number of fused-ring (bicyclic) bond motifs is 1. The summed E-state index contributed by atoms with van der Waals surface area (Å²) in [6, 6.07) is 7.01. The standard InChI is InChI=1S/C12H13NO4/c1-13(16-3)12(14)11-7-8-6-9(15-2)4-5-10(8)17-11/h4-7H,1-3H3. The molecule has 0 N–H and O–H groups in total. The average Bonchev–Trinajstić information content (AvgIpc) is 2.79. The largest absolute Gasteiger partial charge is 0.497 e. The van der Waals surface area contributed by atoms with Gasteiger partial charge in [-0.15, -0.1) is 0 Å². The summed E-state index contributed by atoms with van der Waals surface area (Å²) < 4.78 is 10.5. The smallest absolute Gasteiger partial charge is 0.312 e. The Hall–Kier alpha value is -2.01. The van der Waals surface area contributed by atoms with E-state index in [9.17, 15) is 4.79 Å². The van der Waals surface area contributed by atoms with Crippen LogP contribution in [0.15, 0.2) is 28.7 Å². The minimum atomic E-state index is -0.331. The molecule has 2 rings (SSSR count). The first-order valence-electron chi connectivity index (χ1n) is 5.05. The fraction of sp³-hybridized carbons (Fsp3) is 0.250. The Kier molecular flexibility index (Phi) is 3.01. The molecule has 90 valence electrons. The summed E-state index contributed by atoms with van der Waals surface area (Å²) in [5, 5.41) is 1.92. The first-order valence-corrected chi connectivity index (χ1v) is 5.05. The normalized spacial score (nSPS) is 10.5. The summed E-state index contributed by atoms with van der Waals surface area (Å²) in [6.45, 7) is 0. The zero-order chi connectivity index (χ0) is 12.4. The maximum atomic E-state index is 11.8. The Morgan fingerprint density at radius 2 is 2.06 bits per heavy atom. The van der Waals surface area contributed by atoms with Crippen LogP contribution in [0, 0.1) is 0 Å². The van der Waals surface area contributed by atoms with E-state index in [1.807, 2.05) is 6.07 Å². The Balaban J connectivity index is 2.41. The molecule has 0 radical (unpaired) electrons. The molecule has 0 spiro atoms. The second-order valence-corrected chi connectivity index (χ2v) is 3.50. The molecular formula is C12H13NO4. The van der Waals surface area contributed by atoms with Gasteiger partial charge >= 0.3 is 5.91 Å². The fourth-order valence-corrected chi connectivity index (χ4v) is 1.49. The van der Waals surface area contributed by atoms with Crippen LogP contribution in [0.4, 0.5) is 0 Å². The third-order valence-corrected chi connectivity index (χ3v) is 2.49. The molecule has 0 aliphatic rings. The maximum Gasteiger partial charge on any atom is 0.312 e. The fourth-order valence-electron chi connectivity index (χ4n) is 1.49. The van der Waals surface area contributed by atoms with Crippen molar-refractivity contribution in [3.63, 3.8) is 0 Å². The second-order valence-electron chi connectivity index (χ2n) is 3.50. The quantitative estimate of drug-likeness (QED) is 0.764. The summed E-state index contributed by atoms with van der Waals surface area (Å²) in [5.41, 5.74) is 0.638. The van der Waals surface area contributed by atoms with Crippen molar-refractivity contribution in [2.45, 2.75) is 0 Å². The van der Waals surface area contributed by atoms with Gasteiger partial charge in [0.15, 0.2) is 5.76 Å². The highest BCUT2D eigenvalue weighted by Crippen LogP contribution is 2.24. The Labute approximate surface area is 98.5 Å². The number of amides is 1. The van der Waals surface area contributed by atoms with Gasteiger partial charge in [0.1, 0.15) is 11.3 Å². The molecule has 0 aliphatic carbocycles. The van der Waals surface area contributed by atoms with Crippen molar-refractivity contribution in [3.05, 3.63) is 30.0 Å². The van der Waals surface area contributed by atoms with Crippen LogP contribution < -0.4 is 4.74 Å². The molecule has 0 aliphatic heterocycles. The van der Waals surface area contributed by atoms with Gasteiger partial charge in [0.25, 0.3) is 0 Å². The van der Waals surface area contributed by atoms with Gasteiger partial charge in [-0.1, -0.05) is 0 Å². The highest BCUT2D eigenvalue weighted by Gasteiger charge is 2.16. The maximum absolute atomic E-state index is 11.8. The van der Waals surface area contributed by atoms with Gasteiger partial charge in [-0.3, -0.25) is 9.63 Å². The molecule has 5 nitrogen and oxygen atoms in total. The van der Waals surface area contributed by atoms with Crippen LogP contribution in [0.1, 0.15) is 10.6 Å². The number of furan rings is 1. The highest BCUT2D eigenvalue weighted by atomic mass is 16.7. The van der Waals surface area contributed by atoms with Crippen LogP contribution in [0.2, 0.25) is 0 Å². The van der Waals surface area contributed by atoms with Crippen molar-refractivity contribution >= 4 is 16.9 Å². The van der Waals surface area contributed by atoms with E-state index in [-0.39, 0.29) is 11.7 Å². The SMILES string of the molecule is COc1ccc2oc(C(=O)N(C)OC)cc2c1. The molecule has 2 aromatic rings. The van der Waals surface area contributed by atoms with E-state index in [0.717, 1.165) is 16.2 Å². The number of methoxy groups -OCH3 is 1. The van der Waals surface area contributed by atoms with Crippen molar-refractivity contribution < 1.29 is 18.8 Å². The van der Waals surface area contributed by atoms with Gasteiger partial charge in [-0.05, 0) is 24.3 Å². The van der Waals surface area contributed by atoms with E-state index in [2.05, 4.69) is 0 Å². The molecule has 0 saturated carbocycles. The summed E-state index contributed by atoms with van der Waals surface area (Å²) >= 11 is 0. The topological polar surface area (TPSA) is 51.9 Å². The van der Waals surface area contributed by atoms with Crippen molar-refractivity contribution in [1.29, 1.82) is 0 Å². The number of hydroxylamine groups is 2. The highest BCUT2D eigenvalue weighted by molar-refractivity contribution is 5.95. The molecule has 1 aromatic carbocycles. The lowest BCUT2D eigenvalue weighted by molar-refractivity contribution is -0.0772. The van der Waals surface area contributed by atoms with Crippen LogP contribution in [-0.4, -0.2) is 32.2 Å². The zero-order valence-corrected chi connectivity index (χ0v) is 9.89. The van der Waals surface area contributed by atoms with Gasteiger partial charge in [-0.25, -0.2) is 5.06 Å². The van der Waals surface area contributed by atoms with Gasteiger partial charge < -0.3 is 9.15 Å². The molecule has 0 saturated heterocycles. The molecule has 1 aromatic heterocycles. The van der Waals surface area contributed by atoms with E-state index in [4.69, 9.17) is 14.0 Å². The molecule has 17 heavy (non-hydrogen) atoms. The lowest BCUT2D eigenvalue weighted by atomic mass is 10.2. The van der Waals surface area contributed by atoms with Crippen molar-refractivity contribution in [2.75, 3.05) is 21.3 Å². The van der Waals surface area contributed by atoms with E-state index >= 15 is 0 Å². The van der Waals surface area contributed by atoms with Crippen LogP contribution in [0.3, 0.4) is 0 Å². The molecule has 0 fully saturated rings. The van der Waals surface area contributed by atoms with Gasteiger partial charge in [0.05, 0.1) is 14.2 Å². The third-order valence-electron chi connectivity index (χ3n) is 2.49. The van der Waals surface area contributed by atoms with E-state index in [0.29, 0.717) is 5.58 Å². The van der Waals surface area contributed by atoms with Crippen LogP contribution in [0.25, 0.3) is 11.0 Å². The molecule has 0 unspecified atom stereocenters. The summed E-state index contributed by atoms with van der Waals surface area (Å²) in [7, 11) is 4.53. The Morgan fingerprint density at radius 1 is 1.29 bits per heavy atom. The first-order chi connectivity index (χ1) is 8.15. The number of rotatable bonds is 3. The molecule has 1 amide bonds. The molecular weight excluding hydrogens is 222 g/mol. The van der Waals surface area contributed by atoms with E-state index in [1.54, 1.807) is 25.3 Å². The minimum Gasteiger partial charge on any atom is -0.497 e. The third kappa shape index (κ3) is 2.09. The molecule has 0 atom stereocenters. The number of nitrogens with zero attached hydrogens (tertiary/aromatic N) is 1. The monoisotopic (exact) mass is 235 g/mol. The Bertz CT molecular complexity index is 546. The number of carbonyl (C=O) groups excluding carboxylic acids is 1. The van der Waals surface area contributed by atoms with Crippen molar-refractivity contribution in [3.8, 4) is 5.75 Å². The predicted octanol–water partition coefficient (Wildman–Crippen LogP) is 2.07. The predicted molar refractivity (Wildman–Crippen MR) is 61.9 cm³/mol. The van der Waals surface area contributed by atoms with Gasteiger partial charge in [-0.2, -0.15) is 0 Å². The number of carbonyl (C=O) groups is 1. The van der Waals surface area contributed by atoms with Gasteiger partial charge in [0.2, 0.25) is 0 Å². The second kappa shape index (κ2) is 4.47. The zero-order valence-electron chi connectivity index (χ0n) is 9.89. The summed E-state index contributed by atoms with van der Waals surface area (Å²) in [5.74, 6) is 0.623. The van der Waals surface area contributed by atoms with Crippen LogP contribution in [0.5, 0.6) is 5.75 Å². The molecule has 5 heteroatoms. The average molecular weight is 235 g/mol. The summed E-state index contributed by atoms with van der Waals surface area (Å²) in [6.07, 6.45) is 0. The van der Waals surface area contributed by atoms with Crippen molar-refractivity contribution in [1.82, 2.24) is 5.06 Å². The molecule has 1 heterocycles. The number of hydrogen-bond donors (Lipinski definition) is 0. The minimum absolute atomic E-state index is 0.234. The number of ether oxygens (including phenoxy) is 1. The van der Waals surface area contributed by atoms with Gasteiger partial charge in [0, 0.05) is 12.4 Å². The Morgan fingerprint density at radius 3 is 2.71 bits per heavy atom. The van der Waals surface area contributed by atoms with E-state index in [1.165, 1.54) is 14.2 Å². The van der Waals surface area contributed by atoms with E-state index < -0.39 is 0 Å². The lowest BCUT2D eigenvalue weighted by Gasteiger charge is -2.10. The lowest BCUT2D eigenvalue weighted by Crippen LogP contribution is -2.24. The van der Waals surface area contributed by atoms with Crippen LogP contribution in [-0.2, 0) is 4.84 Å². The summed E-state index contributed by atoms with van der Waals surface area (Å²) in [4.78, 5) is 16.6. The first kappa shape index (κ1) is 11.5. The number of hydrogen-bond acceptors (Lipinski definition) is 4. The number of benzene rings is 1. The molecule has 0 bridgehead atoms.